The Labute approximate surface area is 185 Å². The molecule has 10 heteroatoms. The van der Waals surface area contributed by atoms with Gasteiger partial charge in [-0.15, -0.1) is 0 Å². The third-order valence-electron chi connectivity index (χ3n) is 6.25. The van der Waals surface area contributed by atoms with Crippen molar-refractivity contribution in [2.24, 2.45) is 0 Å². The van der Waals surface area contributed by atoms with Crippen LogP contribution in [-0.2, 0) is 6.42 Å². The van der Waals surface area contributed by atoms with Gasteiger partial charge in [-0.25, -0.2) is 18.3 Å². The highest BCUT2D eigenvalue weighted by atomic mass is 32.1. The van der Waals surface area contributed by atoms with Gasteiger partial charge in [-0.05, 0) is 48.5 Å². The molecule has 7 nitrogen and oxygen atoms in total. The Hall–Kier alpha value is -3.27. The highest BCUT2D eigenvalue weighted by Gasteiger charge is 2.38. The molecule has 6 rings (SSSR count). The highest BCUT2D eigenvalue weighted by Crippen LogP contribution is 2.37. The van der Waals surface area contributed by atoms with Crippen LogP contribution in [0.2, 0.25) is 0 Å². The third-order valence-corrected chi connectivity index (χ3v) is 6.44. The van der Waals surface area contributed by atoms with Gasteiger partial charge < -0.3 is 14.1 Å². The van der Waals surface area contributed by atoms with Gasteiger partial charge >= 0.3 is 5.69 Å². The standard InChI is InChI=1S/C22H18F2N4O3S/c23-12-6-11(7-13(24)8-12)16-4-5-19-26-28(22(29)27(16)19)14-9-15(10-14)30-17-2-1-3-18-20(17)25-21(32)31-18/h1-3,6-8,14-16H,4-5,9-10H2,(H,25,32)/t14?,15?,16-/m0/s1. The zero-order valence-electron chi connectivity index (χ0n) is 16.8. The van der Waals surface area contributed by atoms with E-state index in [-0.39, 0.29) is 22.7 Å². The van der Waals surface area contributed by atoms with E-state index in [2.05, 4.69) is 10.1 Å². The molecule has 164 valence electrons. The van der Waals surface area contributed by atoms with Crippen molar-refractivity contribution < 1.29 is 17.9 Å². The van der Waals surface area contributed by atoms with Crippen molar-refractivity contribution in [3.8, 4) is 5.75 Å². The number of aromatic amines is 1. The van der Waals surface area contributed by atoms with Gasteiger partial charge in [-0.2, -0.15) is 5.10 Å². The predicted octanol–water partition coefficient (Wildman–Crippen LogP) is 4.44. The van der Waals surface area contributed by atoms with Crippen LogP contribution in [0.4, 0.5) is 8.78 Å². The normalized spacial score (nSPS) is 22.1. The molecule has 2 aliphatic rings. The largest absolute Gasteiger partial charge is 0.488 e. The van der Waals surface area contributed by atoms with E-state index in [0.717, 1.165) is 6.07 Å². The average molecular weight is 456 g/mol. The number of nitrogens with one attached hydrogen (secondary N) is 1. The molecule has 1 saturated carbocycles. The Kier molecular flexibility index (Phi) is 4.32. The summed E-state index contributed by atoms with van der Waals surface area (Å²) in [4.78, 5) is 16.4. The number of halogens is 2. The van der Waals surface area contributed by atoms with Gasteiger partial charge in [-0.1, -0.05) is 6.07 Å². The van der Waals surface area contributed by atoms with Gasteiger partial charge in [0.25, 0.3) is 4.84 Å². The summed E-state index contributed by atoms with van der Waals surface area (Å²) in [6.45, 7) is 0. The van der Waals surface area contributed by atoms with E-state index in [9.17, 15) is 13.6 Å². The van der Waals surface area contributed by atoms with Crippen LogP contribution in [0.3, 0.4) is 0 Å². The first-order valence-electron chi connectivity index (χ1n) is 10.4. The van der Waals surface area contributed by atoms with E-state index in [1.807, 2.05) is 18.2 Å². The van der Waals surface area contributed by atoms with Crippen LogP contribution in [0.5, 0.6) is 5.75 Å². The summed E-state index contributed by atoms with van der Waals surface area (Å²) in [5.74, 6) is -0.00898. The fourth-order valence-electron chi connectivity index (χ4n) is 4.69. The number of hydrogen-bond donors (Lipinski definition) is 1. The maximum Gasteiger partial charge on any atom is 0.346 e. The summed E-state index contributed by atoms with van der Waals surface area (Å²) in [5.41, 5.74) is 1.54. The van der Waals surface area contributed by atoms with Gasteiger partial charge in [0.2, 0.25) is 0 Å². The van der Waals surface area contributed by atoms with Crippen molar-refractivity contribution in [3.63, 3.8) is 0 Å². The number of oxazole rings is 1. The molecule has 2 aromatic carbocycles. The Bertz CT molecular complexity index is 1440. The maximum absolute atomic E-state index is 13.7. The second kappa shape index (κ2) is 7.13. The number of ether oxygens (including phenoxy) is 1. The Morgan fingerprint density at radius 2 is 1.97 bits per heavy atom. The molecule has 1 aliphatic carbocycles. The number of nitrogens with zero attached hydrogens (tertiary/aromatic N) is 3. The van der Waals surface area contributed by atoms with Crippen molar-refractivity contribution in [2.45, 2.75) is 43.9 Å². The molecule has 2 aromatic heterocycles. The third kappa shape index (κ3) is 3.09. The number of hydrogen-bond acceptors (Lipinski definition) is 5. The molecule has 1 N–H and O–H groups in total. The molecule has 0 unspecified atom stereocenters. The van der Waals surface area contributed by atoms with Crippen LogP contribution in [-0.4, -0.2) is 25.4 Å². The fraction of sp³-hybridized carbons (Fsp3) is 0.318. The quantitative estimate of drug-likeness (QED) is 0.459. The summed E-state index contributed by atoms with van der Waals surface area (Å²) in [6.07, 6.45) is 2.36. The van der Waals surface area contributed by atoms with Crippen molar-refractivity contribution in [1.82, 2.24) is 19.3 Å². The summed E-state index contributed by atoms with van der Waals surface area (Å²) >= 11 is 5.05. The molecular formula is C22H18F2N4O3S. The minimum absolute atomic E-state index is 0.0703. The van der Waals surface area contributed by atoms with Crippen LogP contribution in [0.25, 0.3) is 11.1 Å². The first-order chi connectivity index (χ1) is 15.5. The number of H-pyrrole nitrogens is 1. The summed E-state index contributed by atoms with van der Waals surface area (Å²) in [6, 6.07) is 8.38. The van der Waals surface area contributed by atoms with Gasteiger partial charge in [0.1, 0.15) is 34.8 Å². The van der Waals surface area contributed by atoms with Crippen molar-refractivity contribution in [3.05, 3.63) is 74.7 Å². The fourth-order valence-corrected chi connectivity index (χ4v) is 4.89. The van der Waals surface area contributed by atoms with Gasteiger partial charge in [0.05, 0.1) is 12.1 Å². The smallest absolute Gasteiger partial charge is 0.346 e. The zero-order chi connectivity index (χ0) is 22.0. The molecule has 1 aliphatic heterocycles. The molecule has 3 heterocycles. The van der Waals surface area contributed by atoms with Crippen LogP contribution in [0, 0.1) is 16.5 Å². The van der Waals surface area contributed by atoms with Crippen LogP contribution in [0.15, 0.2) is 45.6 Å². The molecule has 0 spiro atoms. The minimum atomic E-state index is -0.652. The summed E-state index contributed by atoms with van der Waals surface area (Å²) in [7, 11) is 0. The van der Waals surface area contributed by atoms with Gasteiger partial charge in [-0.3, -0.25) is 4.57 Å². The Balaban J connectivity index is 1.21. The molecule has 0 radical (unpaired) electrons. The zero-order valence-corrected chi connectivity index (χ0v) is 17.6. The van der Waals surface area contributed by atoms with Crippen LogP contribution < -0.4 is 10.4 Å². The summed E-state index contributed by atoms with van der Waals surface area (Å²) < 4.78 is 42.0. The second-order valence-electron chi connectivity index (χ2n) is 8.28. The monoisotopic (exact) mass is 456 g/mol. The van der Waals surface area contributed by atoms with E-state index < -0.39 is 17.7 Å². The lowest BCUT2D eigenvalue weighted by molar-refractivity contribution is 0.0634. The lowest BCUT2D eigenvalue weighted by Gasteiger charge is -2.34. The van der Waals surface area contributed by atoms with Crippen LogP contribution >= 0.6 is 12.2 Å². The number of fused-ring (bicyclic) bond motifs is 2. The van der Waals surface area contributed by atoms with Crippen molar-refractivity contribution in [2.75, 3.05) is 0 Å². The van der Waals surface area contributed by atoms with E-state index >= 15 is 0 Å². The Morgan fingerprint density at radius 1 is 1.19 bits per heavy atom. The lowest BCUT2D eigenvalue weighted by atomic mass is 9.89. The first-order valence-corrected chi connectivity index (χ1v) is 10.8. The maximum atomic E-state index is 13.7. The molecular weight excluding hydrogens is 438 g/mol. The van der Waals surface area contributed by atoms with Crippen LogP contribution in [0.1, 0.15) is 42.7 Å². The van der Waals surface area contributed by atoms with Crippen molar-refractivity contribution >= 4 is 23.3 Å². The van der Waals surface area contributed by atoms with E-state index in [0.29, 0.717) is 53.9 Å². The Morgan fingerprint density at radius 3 is 2.75 bits per heavy atom. The number of aryl methyl sites for hydroxylation is 1. The lowest BCUT2D eigenvalue weighted by Crippen LogP contribution is -2.41. The van der Waals surface area contributed by atoms with Gasteiger partial charge in [0, 0.05) is 25.3 Å². The SMILES string of the molecule is O=c1n(C2CC(Oc3cccc4oc(=S)[nH]c34)C2)nc2n1[C@H](c1cc(F)cc(F)c1)CC2. The van der Waals surface area contributed by atoms with E-state index in [1.165, 1.54) is 16.8 Å². The van der Waals surface area contributed by atoms with E-state index in [4.69, 9.17) is 21.4 Å². The number of benzene rings is 2. The average Bonchev–Trinajstić information content (AvgIpc) is 3.38. The number of rotatable bonds is 4. The highest BCUT2D eigenvalue weighted by molar-refractivity contribution is 7.71. The minimum Gasteiger partial charge on any atom is -0.488 e. The van der Waals surface area contributed by atoms with Crippen molar-refractivity contribution in [1.29, 1.82) is 0 Å². The molecule has 32 heavy (non-hydrogen) atoms. The molecule has 0 bridgehead atoms. The number of para-hydroxylation sites is 1. The predicted molar refractivity (Wildman–Crippen MR) is 113 cm³/mol. The number of aromatic nitrogens is 4. The molecule has 1 fully saturated rings. The first kappa shape index (κ1) is 19.4. The second-order valence-corrected chi connectivity index (χ2v) is 8.65. The van der Waals surface area contributed by atoms with Gasteiger partial charge in [0.15, 0.2) is 5.58 Å². The molecule has 0 saturated heterocycles. The molecule has 1 atom stereocenters. The topological polar surface area (TPSA) is 78.0 Å². The molecule has 0 amide bonds. The molecule has 4 aromatic rings. The van der Waals surface area contributed by atoms with E-state index in [1.54, 1.807) is 4.57 Å². The summed E-state index contributed by atoms with van der Waals surface area (Å²) in [5, 5.41) is 4.52.